The Kier molecular flexibility index (Phi) is 3.54. The summed E-state index contributed by atoms with van der Waals surface area (Å²) in [6.45, 7) is 4.03. The molecular weight excluding hydrogens is 232 g/mol. The molecule has 2 aromatic rings. The Morgan fingerprint density at radius 2 is 2.00 bits per heavy atom. The number of hydrogen-bond acceptors (Lipinski definition) is 3. The second kappa shape index (κ2) is 5.10. The number of anilines is 1. The number of carbonyl (C=O) groups excluding carboxylic acids is 1. The maximum Gasteiger partial charge on any atom is 0.230 e. The Bertz CT molecular complexity index is 500. The zero-order valence-electron chi connectivity index (χ0n) is 9.86. The molecule has 0 radical (unpaired) electrons. The van der Waals surface area contributed by atoms with Gasteiger partial charge in [-0.05, 0) is 37.1 Å². The smallest absolute Gasteiger partial charge is 0.230 e. The van der Waals surface area contributed by atoms with Crippen molar-refractivity contribution < 1.29 is 4.79 Å². The first-order chi connectivity index (χ1) is 8.13. The van der Waals surface area contributed by atoms with E-state index in [1.807, 2.05) is 31.4 Å². The lowest BCUT2D eigenvalue weighted by atomic mass is 10.1. The molecule has 2 rings (SSSR count). The van der Waals surface area contributed by atoms with Gasteiger partial charge in [0.2, 0.25) is 5.91 Å². The van der Waals surface area contributed by atoms with Crippen LogP contribution >= 0.6 is 11.3 Å². The molecule has 88 valence electrons. The van der Waals surface area contributed by atoms with Crippen LogP contribution < -0.4 is 5.32 Å². The number of rotatable bonds is 3. The van der Waals surface area contributed by atoms with E-state index in [4.69, 9.17) is 0 Å². The lowest BCUT2D eigenvalue weighted by Gasteiger charge is -2.06. The van der Waals surface area contributed by atoms with E-state index in [0.29, 0.717) is 6.42 Å². The molecule has 0 spiro atoms. The quantitative estimate of drug-likeness (QED) is 0.904. The molecule has 1 aromatic carbocycles. The summed E-state index contributed by atoms with van der Waals surface area (Å²) >= 11 is 1.50. The van der Waals surface area contributed by atoms with Crippen LogP contribution in [0.15, 0.2) is 29.1 Å². The van der Waals surface area contributed by atoms with Crippen molar-refractivity contribution in [2.45, 2.75) is 20.3 Å². The zero-order chi connectivity index (χ0) is 12.3. The standard InChI is InChI=1S/C13H14N2OS/c1-9-3-10(2)5-11(4-9)15-13(16)6-12-7-17-8-14-12/h3-5,7-8H,6H2,1-2H3,(H,15,16). The van der Waals surface area contributed by atoms with Crippen LogP contribution in [0.2, 0.25) is 0 Å². The fourth-order valence-electron chi connectivity index (χ4n) is 1.74. The number of aromatic nitrogens is 1. The van der Waals surface area contributed by atoms with Gasteiger partial charge in [0.15, 0.2) is 0 Å². The van der Waals surface area contributed by atoms with Crippen molar-refractivity contribution >= 4 is 22.9 Å². The Morgan fingerprint density at radius 3 is 2.59 bits per heavy atom. The van der Waals surface area contributed by atoms with Gasteiger partial charge in [0.05, 0.1) is 17.6 Å². The van der Waals surface area contributed by atoms with Crippen LogP contribution in [0.25, 0.3) is 0 Å². The van der Waals surface area contributed by atoms with Crippen molar-refractivity contribution in [3.63, 3.8) is 0 Å². The minimum absolute atomic E-state index is 0.0269. The number of amides is 1. The zero-order valence-corrected chi connectivity index (χ0v) is 10.7. The fourth-order valence-corrected chi connectivity index (χ4v) is 2.30. The van der Waals surface area contributed by atoms with Crippen LogP contribution in [0.4, 0.5) is 5.69 Å². The molecule has 1 amide bonds. The number of nitrogens with zero attached hydrogens (tertiary/aromatic N) is 1. The summed E-state index contributed by atoms with van der Waals surface area (Å²) in [6.07, 6.45) is 0.330. The van der Waals surface area contributed by atoms with Crippen LogP contribution in [-0.2, 0) is 11.2 Å². The predicted octanol–water partition coefficient (Wildman–Crippen LogP) is 2.94. The molecule has 0 atom stereocenters. The molecule has 1 aromatic heterocycles. The van der Waals surface area contributed by atoms with Crippen molar-refractivity contribution in [3.8, 4) is 0 Å². The van der Waals surface area contributed by atoms with Crippen molar-refractivity contribution in [1.29, 1.82) is 0 Å². The fraction of sp³-hybridized carbons (Fsp3) is 0.231. The number of hydrogen-bond donors (Lipinski definition) is 1. The van der Waals surface area contributed by atoms with Crippen LogP contribution in [-0.4, -0.2) is 10.9 Å². The average Bonchev–Trinajstić information content (AvgIpc) is 2.67. The summed E-state index contributed by atoms with van der Waals surface area (Å²) in [7, 11) is 0. The third-order valence-electron chi connectivity index (χ3n) is 2.33. The molecular formula is C13H14N2OS. The summed E-state index contributed by atoms with van der Waals surface area (Å²) in [4.78, 5) is 15.8. The molecule has 0 fully saturated rings. The highest BCUT2D eigenvalue weighted by Crippen LogP contribution is 2.14. The lowest BCUT2D eigenvalue weighted by molar-refractivity contribution is -0.115. The molecule has 0 aliphatic carbocycles. The molecule has 1 heterocycles. The summed E-state index contributed by atoms with van der Waals surface area (Å²) in [5.74, 6) is -0.0269. The van der Waals surface area contributed by atoms with E-state index in [1.165, 1.54) is 11.3 Å². The molecule has 0 aliphatic heterocycles. The van der Waals surface area contributed by atoms with Crippen molar-refractivity contribution in [3.05, 3.63) is 45.9 Å². The van der Waals surface area contributed by atoms with Gasteiger partial charge in [0.1, 0.15) is 0 Å². The minimum Gasteiger partial charge on any atom is -0.326 e. The minimum atomic E-state index is -0.0269. The normalized spacial score (nSPS) is 10.2. The highest BCUT2D eigenvalue weighted by molar-refractivity contribution is 7.07. The highest BCUT2D eigenvalue weighted by atomic mass is 32.1. The first-order valence-electron chi connectivity index (χ1n) is 5.39. The van der Waals surface area contributed by atoms with E-state index in [2.05, 4.69) is 16.4 Å². The number of benzene rings is 1. The highest BCUT2D eigenvalue weighted by Gasteiger charge is 2.06. The molecule has 0 unspecified atom stereocenters. The van der Waals surface area contributed by atoms with Gasteiger partial charge in [0, 0.05) is 11.1 Å². The van der Waals surface area contributed by atoms with Crippen LogP contribution in [0, 0.1) is 13.8 Å². The third-order valence-corrected chi connectivity index (χ3v) is 2.97. The maximum atomic E-state index is 11.8. The Hall–Kier alpha value is -1.68. The largest absolute Gasteiger partial charge is 0.326 e. The van der Waals surface area contributed by atoms with E-state index in [-0.39, 0.29) is 5.91 Å². The predicted molar refractivity (Wildman–Crippen MR) is 70.4 cm³/mol. The van der Waals surface area contributed by atoms with Crippen molar-refractivity contribution in [2.24, 2.45) is 0 Å². The third kappa shape index (κ3) is 3.39. The molecule has 0 saturated heterocycles. The van der Waals surface area contributed by atoms with Gasteiger partial charge >= 0.3 is 0 Å². The monoisotopic (exact) mass is 246 g/mol. The molecule has 4 heteroatoms. The Morgan fingerprint density at radius 1 is 1.29 bits per heavy atom. The number of aryl methyl sites for hydroxylation is 2. The van der Waals surface area contributed by atoms with E-state index >= 15 is 0 Å². The molecule has 0 aliphatic rings. The number of carbonyl (C=O) groups is 1. The van der Waals surface area contributed by atoms with Gasteiger partial charge in [0.25, 0.3) is 0 Å². The van der Waals surface area contributed by atoms with Crippen molar-refractivity contribution in [2.75, 3.05) is 5.32 Å². The first-order valence-corrected chi connectivity index (χ1v) is 6.33. The summed E-state index contributed by atoms with van der Waals surface area (Å²) in [6, 6.07) is 6.01. The Labute approximate surface area is 105 Å². The second-order valence-electron chi connectivity index (χ2n) is 4.08. The summed E-state index contributed by atoms with van der Waals surface area (Å²) in [5, 5.41) is 4.78. The van der Waals surface area contributed by atoms with Gasteiger partial charge in [-0.2, -0.15) is 0 Å². The molecule has 3 nitrogen and oxygen atoms in total. The summed E-state index contributed by atoms with van der Waals surface area (Å²) in [5.41, 5.74) is 5.70. The average molecular weight is 246 g/mol. The van der Waals surface area contributed by atoms with E-state index in [9.17, 15) is 4.79 Å². The van der Waals surface area contributed by atoms with Gasteiger partial charge in [-0.15, -0.1) is 11.3 Å². The SMILES string of the molecule is Cc1cc(C)cc(NC(=O)Cc2cscn2)c1. The topological polar surface area (TPSA) is 42.0 Å². The number of thiazole rings is 1. The van der Waals surface area contributed by atoms with E-state index < -0.39 is 0 Å². The molecule has 0 bridgehead atoms. The van der Waals surface area contributed by atoms with Crippen LogP contribution in [0.1, 0.15) is 16.8 Å². The van der Waals surface area contributed by atoms with E-state index in [0.717, 1.165) is 22.5 Å². The maximum absolute atomic E-state index is 11.8. The van der Waals surface area contributed by atoms with E-state index in [1.54, 1.807) is 5.51 Å². The summed E-state index contributed by atoms with van der Waals surface area (Å²) < 4.78 is 0. The first kappa shape index (κ1) is 11.8. The van der Waals surface area contributed by atoms with Gasteiger partial charge in [-0.1, -0.05) is 6.07 Å². The number of nitrogens with one attached hydrogen (secondary N) is 1. The van der Waals surface area contributed by atoms with Crippen LogP contribution in [0.5, 0.6) is 0 Å². The van der Waals surface area contributed by atoms with Crippen LogP contribution in [0.3, 0.4) is 0 Å². The van der Waals surface area contributed by atoms with Gasteiger partial charge in [-0.25, -0.2) is 4.98 Å². The molecule has 17 heavy (non-hydrogen) atoms. The molecule has 1 N–H and O–H groups in total. The van der Waals surface area contributed by atoms with Crippen molar-refractivity contribution in [1.82, 2.24) is 4.98 Å². The Balaban J connectivity index is 2.03. The molecule has 0 saturated carbocycles. The van der Waals surface area contributed by atoms with Gasteiger partial charge < -0.3 is 5.32 Å². The van der Waals surface area contributed by atoms with Gasteiger partial charge in [-0.3, -0.25) is 4.79 Å². The lowest BCUT2D eigenvalue weighted by Crippen LogP contribution is -2.14. The second-order valence-corrected chi connectivity index (χ2v) is 4.80.